The largest absolute Gasteiger partial charge is 0.497 e. The Kier molecular flexibility index (Phi) is 3.96. The number of rotatable bonds is 3. The highest BCUT2D eigenvalue weighted by atomic mass is 16.5. The number of ketones is 1. The predicted molar refractivity (Wildman–Crippen MR) is 99.5 cm³/mol. The summed E-state index contributed by atoms with van der Waals surface area (Å²) in [4.78, 5) is 20.8. The Morgan fingerprint density at radius 2 is 1.84 bits per heavy atom. The van der Waals surface area contributed by atoms with Gasteiger partial charge < -0.3 is 4.74 Å². The number of hydrogen-bond donors (Lipinski definition) is 0. The van der Waals surface area contributed by atoms with Crippen molar-refractivity contribution in [2.24, 2.45) is 15.9 Å². The van der Waals surface area contributed by atoms with E-state index in [-0.39, 0.29) is 11.7 Å². The summed E-state index contributed by atoms with van der Waals surface area (Å²) in [6.45, 7) is 2.38. The third-order valence-corrected chi connectivity index (χ3v) is 4.84. The molecule has 0 aromatic heterocycles. The summed E-state index contributed by atoms with van der Waals surface area (Å²) in [5.41, 5.74) is 6.59. The van der Waals surface area contributed by atoms with Crippen molar-refractivity contribution in [3.63, 3.8) is 0 Å². The molecule has 4 nitrogen and oxygen atoms in total. The van der Waals surface area contributed by atoms with E-state index < -0.39 is 0 Å². The lowest BCUT2D eigenvalue weighted by Gasteiger charge is -2.19. The van der Waals surface area contributed by atoms with Gasteiger partial charge in [0.1, 0.15) is 5.75 Å². The number of benzene rings is 2. The smallest absolute Gasteiger partial charge is 0.154 e. The highest BCUT2D eigenvalue weighted by Gasteiger charge is 2.23. The van der Waals surface area contributed by atoms with Crippen LogP contribution in [0.3, 0.4) is 0 Å². The summed E-state index contributed by atoms with van der Waals surface area (Å²) < 4.78 is 5.22. The zero-order valence-electron chi connectivity index (χ0n) is 14.5. The zero-order valence-corrected chi connectivity index (χ0v) is 14.5. The minimum atomic E-state index is 0.183. The van der Waals surface area contributed by atoms with E-state index in [0.717, 1.165) is 40.4 Å². The molecule has 25 heavy (non-hydrogen) atoms. The van der Waals surface area contributed by atoms with Crippen LogP contribution in [-0.4, -0.2) is 30.9 Å². The van der Waals surface area contributed by atoms with Crippen LogP contribution in [0.5, 0.6) is 5.75 Å². The Morgan fingerprint density at radius 1 is 1.08 bits per heavy atom. The molecule has 0 aliphatic carbocycles. The number of methoxy groups -OCH3 is 1. The van der Waals surface area contributed by atoms with Crippen LogP contribution in [0.25, 0.3) is 0 Å². The van der Waals surface area contributed by atoms with Gasteiger partial charge in [-0.2, -0.15) is 0 Å². The van der Waals surface area contributed by atoms with Gasteiger partial charge in [-0.15, -0.1) is 0 Å². The van der Waals surface area contributed by atoms with E-state index >= 15 is 0 Å². The van der Waals surface area contributed by atoms with E-state index in [1.165, 1.54) is 5.56 Å². The first-order valence-corrected chi connectivity index (χ1v) is 8.55. The summed E-state index contributed by atoms with van der Waals surface area (Å²) >= 11 is 0. The fourth-order valence-corrected chi connectivity index (χ4v) is 3.52. The average Bonchev–Trinajstić information content (AvgIpc) is 3.05. The number of hydrogen-bond acceptors (Lipinski definition) is 4. The molecule has 2 aromatic rings. The van der Waals surface area contributed by atoms with Crippen LogP contribution in [0.15, 0.2) is 52.4 Å². The molecule has 0 N–H and O–H groups in total. The third kappa shape index (κ3) is 3.00. The molecular weight excluding hydrogens is 312 g/mol. The molecule has 4 heteroatoms. The number of aliphatic imine (C=N–C) groups is 2. The van der Waals surface area contributed by atoms with E-state index in [2.05, 4.69) is 30.1 Å². The first-order chi connectivity index (χ1) is 12.1. The van der Waals surface area contributed by atoms with Gasteiger partial charge in [0.05, 0.1) is 25.1 Å². The van der Waals surface area contributed by atoms with Crippen LogP contribution in [0, 0.1) is 5.92 Å². The number of nitrogens with zero attached hydrogens (tertiary/aromatic N) is 2. The van der Waals surface area contributed by atoms with Crippen molar-refractivity contribution in [3.8, 4) is 5.75 Å². The van der Waals surface area contributed by atoms with Crippen molar-refractivity contribution >= 4 is 22.9 Å². The Hall–Kier alpha value is -2.75. The zero-order chi connectivity index (χ0) is 17.4. The predicted octanol–water partition coefficient (Wildman–Crippen LogP) is 3.77. The molecule has 0 saturated heterocycles. The molecule has 2 aliphatic heterocycles. The third-order valence-electron chi connectivity index (χ3n) is 4.84. The van der Waals surface area contributed by atoms with Crippen LogP contribution in [0.4, 0.5) is 5.69 Å². The second-order valence-electron chi connectivity index (χ2n) is 6.65. The van der Waals surface area contributed by atoms with Crippen molar-refractivity contribution in [2.75, 3.05) is 13.7 Å². The maximum atomic E-state index is 11.5. The first kappa shape index (κ1) is 15.8. The van der Waals surface area contributed by atoms with Crippen molar-refractivity contribution in [1.82, 2.24) is 0 Å². The molecular formula is C21H20N2O2. The van der Waals surface area contributed by atoms with Crippen LogP contribution < -0.4 is 4.74 Å². The molecule has 2 heterocycles. The molecule has 0 fully saturated rings. The average molecular weight is 332 g/mol. The lowest BCUT2D eigenvalue weighted by atomic mass is 9.90. The molecule has 0 bridgehead atoms. The summed E-state index contributed by atoms with van der Waals surface area (Å²) in [6.07, 6.45) is 1.40. The minimum absolute atomic E-state index is 0.183. The molecule has 1 unspecified atom stereocenters. The molecule has 0 radical (unpaired) electrons. The van der Waals surface area contributed by atoms with E-state index in [4.69, 9.17) is 9.73 Å². The van der Waals surface area contributed by atoms with Crippen LogP contribution in [-0.2, 0) is 11.2 Å². The van der Waals surface area contributed by atoms with Gasteiger partial charge in [0.25, 0.3) is 0 Å². The van der Waals surface area contributed by atoms with Crippen molar-refractivity contribution in [2.45, 2.75) is 19.8 Å². The Labute approximate surface area is 147 Å². The molecule has 0 amide bonds. The molecule has 0 saturated carbocycles. The molecule has 0 spiro atoms. The summed E-state index contributed by atoms with van der Waals surface area (Å²) in [6, 6.07) is 14.3. The van der Waals surface area contributed by atoms with Crippen LogP contribution in [0.1, 0.15) is 30.0 Å². The second-order valence-corrected chi connectivity index (χ2v) is 6.65. The summed E-state index contributed by atoms with van der Waals surface area (Å²) in [7, 11) is 1.67. The van der Waals surface area contributed by atoms with Gasteiger partial charge in [-0.05, 0) is 53.1 Å². The Balaban J connectivity index is 1.59. The van der Waals surface area contributed by atoms with Crippen molar-refractivity contribution in [1.29, 1.82) is 0 Å². The normalized spacial score (nSPS) is 19.3. The van der Waals surface area contributed by atoms with E-state index in [9.17, 15) is 4.79 Å². The lowest BCUT2D eigenvalue weighted by molar-refractivity contribution is -0.118. The fraction of sp³-hybridized carbons (Fsp3) is 0.286. The molecule has 4 rings (SSSR count). The Bertz CT molecular complexity index is 895. The summed E-state index contributed by atoms with van der Waals surface area (Å²) in [5, 5.41) is 0. The van der Waals surface area contributed by atoms with Gasteiger partial charge in [0.2, 0.25) is 0 Å². The number of carbonyl (C=O) groups is 1. The monoisotopic (exact) mass is 332 g/mol. The van der Waals surface area contributed by atoms with Gasteiger partial charge in [0.15, 0.2) is 5.78 Å². The van der Waals surface area contributed by atoms with Gasteiger partial charge in [-0.25, -0.2) is 0 Å². The van der Waals surface area contributed by atoms with E-state index in [0.29, 0.717) is 13.0 Å². The fourth-order valence-electron chi connectivity index (χ4n) is 3.52. The van der Waals surface area contributed by atoms with Crippen LogP contribution in [0.2, 0.25) is 0 Å². The van der Waals surface area contributed by atoms with Gasteiger partial charge in [0, 0.05) is 24.5 Å². The summed E-state index contributed by atoms with van der Waals surface area (Å²) in [5.74, 6) is 1.26. The number of Topliss-reactive ketones (excluding diaryl/α,β-unsaturated/α-hetero) is 1. The van der Waals surface area contributed by atoms with Gasteiger partial charge in [-0.3, -0.25) is 14.8 Å². The number of carbonyl (C=O) groups excluding carboxylic acids is 1. The highest BCUT2D eigenvalue weighted by Crippen LogP contribution is 2.31. The second kappa shape index (κ2) is 6.28. The Morgan fingerprint density at radius 3 is 2.56 bits per heavy atom. The number of ether oxygens (including phenoxy) is 1. The standard InChI is InChI=1S/C21H20N2O2/c1-13-9-17(24)12-22-21(13)15-5-8-19-16(10-15)11-20(23-19)14-3-6-18(25-2)7-4-14/h3-8,10,13H,9,11-12H2,1-2H3. The minimum Gasteiger partial charge on any atom is -0.497 e. The maximum Gasteiger partial charge on any atom is 0.154 e. The lowest BCUT2D eigenvalue weighted by Crippen LogP contribution is -2.24. The van der Waals surface area contributed by atoms with Crippen molar-refractivity contribution < 1.29 is 9.53 Å². The first-order valence-electron chi connectivity index (χ1n) is 8.55. The SMILES string of the molecule is COc1ccc(C2=Nc3ccc(C4=NCC(=O)CC4C)cc3C2)cc1. The quantitative estimate of drug-likeness (QED) is 0.859. The topological polar surface area (TPSA) is 51.0 Å². The van der Waals surface area contributed by atoms with Crippen molar-refractivity contribution in [3.05, 3.63) is 59.2 Å². The maximum absolute atomic E-state index is 11.5. The number of fused-ring (bicyclic) bond motifs is 1. The van der Waals surface area contributed by atoms with Crippen LogP contribution >= 0.6 is 0 Å². The van der Waals surface area contributed by atoms with Gasteiger partial charge in [-0.1, -0.05) is 13.0 Å². The van der Waals surface area contributed by atoms with E-state index in [1.807, 2.05) is 24.3 Å². The van der Waals surface area contributed by atoms with Gasteiger partial charge >= 0.3 is 0 Å². The van der Waals surface area contributed by atoms with E-state index in [1.54, 1.807) is 7.11 Å². The highest BCUT2D eigenvalue weighted by molar-refractivity contribution is 6.09. The molecule has 1 atom stereocenters. The molecule has 126 valence electrons. The molecule has 2 aromatic carbocycles. The molecule has 2 aliphatic rings.